The summed E-state index contributed by atoms with van der Waals surface area (Å²) in [4.78, 5) is 23.6. The zero-order chi connectivity index (χ0) is 18.8. The van der Waals surface area contributed by atoms with E-state index in [2.05, 4.69) is 10.6 Å². The van der Waals surface area contributed by atoms with Gasteiger partial charge in [0, 0.05) is 25.2 Å². The van der Waals surface area contributed by atoms with E-state index < -0.39 is 5.97 Å². The predicted octanol–water partition coefficient (Wildman–Crippen LogP) is 2.64. The van der Waals surface area contributed by atoms with Crippen LogP contribution in [0.3, 0.4) is 0 Å². The van der Waals surface area contributed by atoms with Crippen LogP contribution in [0.15, 0.2) is 48.5 Å². The summed E-state index contributed by atoms with van der Waals surface area (Å²) in [6, 6.07) is 14.8. The lowest BCUT2D eigenvalue weighted by Crippen LogP contribution is -2.27. The van der Waals surface area contributed by atoms with Crippen molar-refractivity contribution < 1.29 is 19.1 Å². The zero-order valence-corrected chi connectivity index (χ0v) is 15.1. The molecule has 0 atom stereocenters. The van der Waals surface area contributed by atoms with Gasteiger partial charge in [0.25, 0.3) is 0 Å². The van der Waals surface area contributed by atoms with Crippen LogP contribution in [0, 0.1) is 0 Å². The molecular formula is C20H24N2O4. The fourth-order valence-corrected chi connectivity index (χ4v) is 2.46. The molecule has 0 aromatic heterocycles. The first-order chi connectivity index (χ1) is 12.6. The quantitative estimate of drug-likeness (QED) is 0.676. The smallest absolute Gasteiger partial charge is 0.339 e. The number of esters is 1. The van der Waals surface area contributed by atoms with Crippen molar-refractivity contribution in [2.45, 2.75) is 12.8 Å². The van der Waals surface area contributed by atoms with Gasteiger partial charge in [-0.2, -0.15) is 0 Å². The summed E-state index contributed by atoms with van der Waals surface area (Å²) in [6.45, 7) is 1.01. The molecule has 2 aromatic rings. The van der Waals surface area contributed by atoms with Crippen molar-refractivity contribution in [1.82, 2.24) is 5.32 Å². The number of amides is 1. The second kappa shape index (κ2) is 10.1. The molecule has 6 nitrogen and oxygen atoms in total. The van der Waals surface area contributed by atoms with Gasteiger partial charge in [0.1, 0.15) is 5.75 Å². The highest BCUT2D eigenvalue weighted by atomic mass is 16.5. The summed E-state index contributed by atoms with van der Waals surface area (Å²) >= 11 is 0. The minimum Gasteiger partial charge on any atom is -0.497 e. The van der Waals surface area contributed by atoms with Crippen molar-refractivity contribution in [2.75, 3.05) is 32.6 Å². The molecule has 0 unspecified atom stereocenters. The Morgan fingerprint density at radius 3 is 2.38 bits per heavy atom. The Kier molecular flexibility index (Phi) is 7.49. The van der Waals surface area contributed by atoms with Gasteiger partial charge >= 0.3 is 5.97 Å². The average Bonchev–Trinajstić information content (AvgIpc) is 2.68. The van der Waals surface area contributed by atoms with Crippen LogP contribution < -0.4 is 15.4 Å². The summed E-state index contributed by atoms with van der Waals surface area (Å²) < 4.78 is 9.87. The van der Waals surface area contributed by atoms with Crippen LogP contribution in [-0.4, -0.2) is 39.2 Å². The van der Waals surface area contributed by atoms with Gasteiger partial charge in [-0.05, 0) is 36.2 Å². The second-order valence-electron chi connectivity index (χ2n) is 5.66. The maximum Gasteiger partial charge on any atom is 0.339 e. The maximum atomic E-state index is 11.9. The molecule has 2 rings (SSSR count). The molecule has 26 heavy (non-hydrogen) atoms. The maximum absolute atomic E-state index is 11.9. The molecule has 0 spiro atoms. The molecule has 2 aromatic carbocycles. The Morgan fingerprint density at radius 2 is 1.69 bits per heavy atom. The topological polar surface area (TPSA) is 76.7 Å². The van der Waals surface area contributed by atoms with Gasteiger partial charge in [-0.3, -0.25) is 4.79 Å². The lowest BCUT2D eigenvalue weighted by Gasteiger charge is -2.11. The molecule has 0 aliphatic carbocycles. The minimum atomic E-state index is -0.406. The van der Waals surface area contributed by atoms with Gasteiger partial charge in [-0.25, -0.2) is 4.79 Å². The van der Waals surface area contributed by atoms with Gasteiger partial charge < -0.3 is 20.1 Å². The first-order valence-electron chi connectivity index (χ1n) is 8.45. The molecule has 2 N–H and O–H groups in total. The molecule has 0 fully saturated rings. The highest BCUT2D eigenvalue weighted by Crippen LogP contribution is 2.15. The van der Waals surface area contributed by atoms with Crippen LogP contribution in [-0.2, 0) is 16.0 Å². The molecule has 6 heteroatoms. The van der Waals surface area contributed by atoms with E-state index in [-0.39, 0.29) is 5.91 Å². The highest BCUT2D eigenvalue weighted by molar-refractivity contribution is 5.95. The molecule has 0 saturated heterocycles. The lowest BCUT2D eigenvalue weighted by atomic mass is 10.1. The summed E-state index contributed by atoms with van der Waals surface area (Å²) in [6.07, 6.45) is 1.08. The molecule has 0 heterocycles. The van der Waals surface area contributed by atoms with Gasteiger partial charge in [-0.1, -0.05) is 24.3 Å². The van der Waals surface area contributed by atoms with Crippen molar-refractivity contribution >= 4 is 17.6 Å². The van der Waals surface area contributed by atoms with Crippen LogP contribution in [0.2, 0.25) is 0 Å². The van der Waals surface area contributed by atoms with Gasteiger partial charge in [0.2, 0.25) is 5.91 Å². The van der Waals surface area contributed by atoms with E-state index in [1.807, 2.05) is 30.3 Å². The standard InChI is InChI=1S/C20H24N2O4/c1-25-16-9-7-15(8-10-16)11-13-22-19(23)12-14-21-18-6-4-3-5-17(18)20(24)26-2/h3-10,21H,11-14H2,1-2H3,(H,22,23). The predicted molar refractivity (Wildman–Crippen MR) is 101 cm³/mol. The number of carbonyl (C=O) groups excluding carboxylic acids is 2. The number of carbonyl (C=O) groups is 2. The number of nitrogens with one attached hydrogen (secondary N) is 2. The Labute approximate surface area is 153 Å². The van der Waals surface area contributed by atoms with Crippen molar-refractivity contribution in [3.8, 4) is 5.75 Å². The molecule has 0 radical (unpaired) electrons. The van der Waals surface area contributed by atoms with Gasteiger partial charge in [0.15, 0.2) is 0 Å². The molecular weight excluding hydrogens is 332 g/mol. The van der Waals surface area contributed by atoms with Crippen LogP contribution in [0.25, 0.3) is 0 Å². The van der Waals surface area contributed by atoms with Crippen molar-refractivity contribution in [3.05, 3.63) is 59.7 Å². The van der Waals surface area contributed by atoms with Crippen molar-refractivity contribution in [1.29, 1.82) is 0 Å². The SMILES string of the molecule is COC(=O)c1ccccc1NCCC(=O)NCCc1ccc(OC)cc1. The van der Waals surface area contributed by atoms with Crippen molar-refractivity contribution in [2.24, 2.45) is 0 Å². The number of anilines is 1. The first kappa shape index (κ1) is 19.3. The number of rotatable bonds is 9. The second-order valence-corrected chi connectivity index (χ2v) is 5.66. The summed E-state index contributed by atoms with van der Waals surface area (Å²) in [5.74, 6) is 0.370. The molecule has 0 bridgehead atoms. The molecule has 0 aliphatic rings. The molecule has 0 aliphatic heterocycles. The Balaban J connectivity index is 1.71. The van der Waals surface area contributed by atoms with Crippen molar-refractivity contribution in [3.63, 3.8) is 0 Å². The van der Waals surface area contributed by atoms with E-state index in [1.54, 1.807) is 25.3 Å². The fraction of sp³-hybridized carbons (Fsp3) is 0.300. The number of para-hydroxylation sites is 1. The van der Waals surface area contributed by atoms with Crippen LogP contribution >= 0.6 is 0 Å². The number of hydrogen-bond acceptors (Lipinski definition) is 5. The third kappa shape index (κ3) is 5.81. The van der Waals surface area contributed by atoms with E-state index in [0.29, 0.717) is 30.8 Å². The minimum absolute atomic E-state index is 0.0402. The van der Waals surface area contributed by atoms with E-state index in [1.165, 1.54) is 7.11 Å². The third-order valence-corrected chi connectivity index (χ3v) is 3.89. The number of ether oxygens (including phenoxy) is 2. The number of hydrogen-bond donors (Lipinski definition) is 2. The highest BCUT2D eigenvalue weighted by Gasteiger charge is 2.10. The van der Waals surface area contributed by atoms with E-state index >= 15 is 0 Å². The van der Waals surface area contributed by atoms with Crippen LogP contribution in [0.1, 0.15) is 22.3 Å². The van der Waals surface area contributed by atoms with Gasteiger partial charge in [-0.15, -0.1) is 0 Å². The normalized spacial score (nSPS) is 10.1. The molecule has 138 valence electrons. The zero-order valence-electron chi connectivity index (χ0n) is 15.1. The lowest BCUT2D eigenvalue weighted by molar-refractivity contribution is -0.120. The summed E-state index contributed by atoms with van der Waals surface area (Å²) in [7, 11) is 2.97. The molecule has 1 amide bonds. The van der Waals surface area contributed by atoms with E-state index in [0.717, 1.165) is 17.7 Å². The van der Waals surface area contributed by atoms with Crippen LogP contribution in [0.4, 0.5) is 5.69 Å². The summed E-state index contributed by atoms with van der Waals surface area (Å²) in [5.41, 5.74) is 2.25. The summed E-state index contributed by atoms with van der Waals surface area (Å²) in [5, 5.41) is 6.00. The number of methoxy groups -OCH3 is 2. The average molecular weight is 356 g/mol. The Morgan fingerprint density at radius 1 is 0.962 bits per heavy atom. The molecule has 0 saturated carbocycles. The Bertz CT molecular complexity index is 729. The van der Waals surface area contributed by atoms with E-state index in [4.69, 9.17) is 9.47 Å². The number of benzene rings is 2. The largest absolute Gasteiger partial charge is 0.497 e. The van der Waals surface area contributed by atoms with E-state index in [9.17, 15) is 9.59 Å². The third-order valence-electron chi connectivity index (χ3n) is 3.89. The monoisotopic (exact) mass is 356 g/mol. The Hall–Kier alpha value is -3.02. The first-order valence-corrected chi connectivity index (χ1v) is 8.45. The fourth-order valence-electron chi connectivity index (χ4n) is 2.46. The van der Waals surface area contributed by atoms with Gasteiger partial charge in [0.05, 0.1) is 19.8 Å². The van der Waals surface area contributed by atoms with Crippen LogP contribution in [0.5, 0.6) is 5.75 Å².